The van der Waals surface area contributed by atoms with Crippen molar-refractivity contribution in [3.05, 3.63) is 169 Å². The fourth-order valence-electron chi connectivity index (χ4n) is 8.23. The Morgan fingerprint density at radius 1 is 0.418 bits per heavy atom. The lowest BCUT2D eigenvalue weighted by Gasteiger charge is -2.22. The maximum Gasteiger partial charge on any atom is 0.165 e. The third-order valence-corrected chi connectivity index (χ3v) is 13.3. The molecule has 0 spiro atoms. The molecule has 0 amide bonds. The molecule has 10 aromatic rings. The van der Waals surface area contributed by atoms with E-state index in [-0.39, 0.29) is 5.41 Å². The number of nitrogens with zero attached hydrogens (tertiary/aromatic N) is 4. The number of thiazole rings is 1. The SMILES string of the molecule is CC1(C)c2cc(-c3nc(-c4ccc(-c5ccccc5)cc4)nc(-c4cccc5c4sc4ccccc45)n3)ccc2-c2ccc3nc(-c4ccccc4)sc3c21. The van der Waals surface area contributed by atoms with E-state index in [1.54, 1.807) is 22.7 Å². The summed E-state index contributed by atoms with van der Waals surface area (Å²) in [5.74, 6) is 1.99. The number of fused-ring (bicyclic) bond motifs is 8. The van der Waals surface area contributed by atoms with E-state index >= 15 is 0 Å². The van der Waals surface area contributed by atoms with Gasteiger partial charge in [-0.05, 0) is 57.6 Å². The molecule has 0 fully saturated rings. The molecule has 1 aliphatic rings. The summed E-state index contributed by atoms with van der Waals surface area (Å²) in [5, 5.41) is 3.52. The molecular formula is C49H32N4S2. The van der Waals surface area contributed by atoms with Crippen LogP contribution in [-0.4, -0.2) is 19.9 Å². The molecule has 55 heavy (non-hydrogen) atoms. The third kappa shape index (κ3) is 5.17. The Bertz CT molecular complexity index is 3110. The van der Waals surface area contributed by atoms with Crippen molar-refractivity contribution in [3.8, 4) is 67.0 Å². The highest BCUT2D eigenvalue weighted by molar-refractivity contribution is 7.26. The van der Waals surface area contributed by atoms with Gasteiger partial charge in [-0.3, -0.25) is 0 Å². The lowest BCUT2D eigenvalue weighted by Crippen LogP contribution is -2.15. The lowest BCUT2D eigenvalue weighted by molar-refractivity contribution is 0.667. The van der Waals surface area contributed by atoms with Crippen LogP contribution in [0.1, 0.15) is 25.0 Å². The van der Waals surface area contributed by atoms with Crippen molar-refractivity contribution in [2.45, 2.75) is 19.3 Å². The minimum Gasteiger partial charge on any atom is -0.236 e. The summed E-state index contributed by atoms with van der Waals surface area (Å²) in [6.45, 7) is 4.67. The molecule has 0 saturated heterocycles. The van der Waals surface area contributed by atoms with Gasteiger partial charge >= 0.3 is 0 Å². The van der Waals surface area contributed by atoms with E-state index < -0.39 is 0 Å². The highest BCUT2D eigenvalue weighted by Crippen LogP contribution is 2.53. The predicted octanol–water partition coefficient (Wildman–Crippen LogP) is 13.5. The van der Waals surface area contributed by atoms with Gasteiger partial charge in [0, 0.05) is 47.8 Å². The van der Waals surface area contributed by atoms with Gasteiger partial charge in [-0.25, -0.2) is 19.9 Å². The number of aromatic nitrogens is 4. The Labute approximate surface area is 326 Å². The largest absolute Gasteiger partial charge is 0.236 e. The first-order chi connectivity index (χ1) is 27.0. The molecule has 7 aromatic carbocycles. The monoisotopic (exact) mass is 740 g/mol. The summed E-state index contributed by atoms with van der Waals surface area (Å²) in [7, 11) is 0. The van der Waals surface area contributed by atoms with Crippen molar-refractivity contribution in [1.29, 1.82) is 0 Å². The van der Waals surface area contributed by atoms with Crippen LogP contribution < -0.4 is 0 Å². The van der Waals surface area contributed by atoms with Crippen molar-refractivity contribution in [1.82, 2.24) is 19.9 Å². The molecule has 0 radical (unpaired) electrons. The Balaban J connectivity index is 1.07. The van der Waals surface area contributed by atoms with Crippen LogP contribution in [0.5, 0.6) is 0 Å². The summed E-state index contributed by atoms with van der Waals surface area (Å²) in [6.07, 6.45) is 0. The van der Waals surface area contributed by atoms with E-state index in [0.29, 0.717) is 17.5 Å². The van der Waals surface area contributed by atoms with Crippen LogP contribution in [0.15, 0.2) is 158 Å². The van der Waals surface area contributed by atoms with Crippen LogP contribution in [-0.2, 0) is 5.41 Å². The minimum atomic E-state index is -0.255. The van der Waals surface area contributed by atoms with Gasteiger partial charge in [-0.15, -0.1) is 22.7 Å². The predicted molar refractivity (Wildman–Crippen MR) is 231 cm³/mol. The number of thiophene rings is 1. The van der Waals surface area contributed by atoms with Crippen molar-refractivity contribution < 1.29 is 0 Å². The van der Waals surface area contributed by atoms with Crippen LogP contribution in [0.25, 0.3) is 97.4 Å². The fourth-order valence-corrected chi connectivity index (χ4v) is 10.7. The summed E-state index contributed by atoms with van der Waals surface area (Å²) >= 11 is 3.58. The summed E-state index contributed by atoms with van der Waals surface area (Å²) in [4.78, 5) is 20.8. The normalized spacial score (nSPS) is 13.1. The molecule has 0 N–H and O–H groups in total. The van der Waals surface area contributed by atoms with E-state index in [9.17, 15) is 0 Å². The standard InChI is InChI=1S/C49H32N4S2/c1-49(2)39-28-33(24-25-34(39)36-26-27-40-44(42(36)49)55-48(50-40)32-14-7-4-8-15-32)46-51-45(31-22-20-30(21-23-31)29-12-5-3-6-13-29)52-47(53-46)38-18-11-17-37-35-16-9-10-19-41(35)54-43(37)38/h3-28H,1-2H3. The molecule has 1 aliphatic carbocycles. The molecular weight excluding hydrogens is 709 g/mol. The smallest absolute Gasteiger partial charge is 0.165 e. The first-order valence-electron chi connectivity index (χ1n) is 18.5. The highest BCUT2D eigenvalue weighted by Gasteiger charge is 2.38. The number of rotatable bonds is 5. The zero-order chi connectivity index (χ0) is 36.7. The number of benzene rings is 7. The molecule has 0 saturated carbocycles. The molecule has 11 rings (SSSR count). The molecule has 4 nitrogen and oxygen atoms in total. The Kier molecular flexibility index (Phi) is 7.21. The van der Waals surface area contributed by atoms with Gasteiger partial charge in [-0.1, -0.05) is 147 Å². The maximum atomic E-state index is 5.27. The second kappa shape index (κ2) is 12.4. The van der Waals surface area contributed by atoms with E-state index in [1.165, 1.54) is 52.7 Å². The second-order valence-corrected chi connectivity index (χ2v) is 16.7. The van der Waals surface area contributed by atoms with E-state index in [2.05, 4.69) is 166 Å². The molecule has 0 bridgehead atoms. The lowest BCUT2D eigenvalue weighted by atomic mass is 9.82. The van der Waals surface area contributed by atoms with Crippen LogP contribution in [0, 0.1) is 0 Å². The van der Waals surface area contributed by atoms with Crippen LogP contribution in [0.4, 0.5) is 0 Å². The highest BCUT2D eigenvalue weighted by atomic mass is 32.1. The molecule has 0 atom stereocenters. The number of hydrogen-bond acceptors (Lipinski definition) is 6. The Morgan fingerprint density at radius 2 is 1.04 bits per heavy atom. The summed E-state index contributed by atoms with van der Waals surface area (Å²) < 4.78 is 3.68. The van der Waals surface area contributed by atoms with Gasteiger partial charge in [-0.2, -0.15) is 0 Å². The van der Waals surface area contributed by atoms with E-state index in [0.717, 1.165) is 38.3 Å². The summed E-state index contributed by atoms with van der Waals surface area (Å²) in [5.41, 5.74) is 12.3. The van der Waals surface area contributed by atoms with Crippen LogP contribution >= 0.6 is 22.7 Å². The zero-order valence-corrected chi connectivity index (χ0v) is 31.7. The van der Waals surface area contributed by atoms with Crippen molar-refractivity contribution >= 4 is 53.1 Å². The van der Waals surface area contributed by atoms with E-state index in [1.807, 2.05) is 6.07 Å². The molecule has 6 heteroatoms. The van der Waals surface area contributed by atoms with Gasteiger partial charge in [0.15, 0.2) is 17.5 Å². The average molecular weight is 741 g/mol. The average Bonchev–Trinajstić information content (AvgIpc) is 3.91. The molecule has 0 aliphatic heterocycles. The van der Waals surface area contributed by atoms with Crippen molar-refractivity contribution in [2.24, 2.45) is 0 Å². The fraction of sp³-hybridized carbons (Fsp3) is 0.0612. The van der Waals surface area contributed by atoms with Crippen LogP contribution in [0.2, 0.25) is 0 Å². The molecule has 3 heterocycles. The molecule has 3 aromatic heterocycles. The zero-order valence-electron chi connectivity index (χ0n) is 30.1. The Morgan fingerprint density at radius 3 is 1.84 bits per heavy atom. The van der Waals surface area contributed by atoms with Gasteiger partial charge in [0.1, 0.15) is 5.01 Å². The summed E-state index contributed by atoms with van der Waals surface area (Å²) in [6, 6.07) is 55.7. The maximum absolute atomic E-state index is 5.27. The second-order valence-electron chi connectivity index (χ2n) is 14.6. The molecule has 0 unspecified atom stereocenters. The van der Waals surface area contributed by atoms with Crippen molar-refractivity contribution in [3.63, 3.8) is 0 Å². The Hall–Kier alpha value is -6.34. The minimum absolute atomic E-state index is 0.255. The van der Waals surface area contributed by atoms with Crippen molar-refractivity contribution in [2.75, 3.05) is 0 Å². The number of hydrogen-bond donors (Lipinski definition) is 0. The van der Waals surface area contributed by atoms with Gasteiger partial charge in [0.05, 0.1) is 10.2 Å². The quantitative estimate of drug-likeness (QED) is 0.176. The molecule has 260 valence electrons. The van der Waals surface area contributed by atoms with Crippen LogP contribution in [0.3, 0.4) is 0 Å². The van der Waals surface area contributed by atoms with E-state index in [4.69, 9.17) is 19.9 Å². The van der Waals surface area contributed by atoms with Gasteiger partial charge in [0.25, 0.3) is 0 Å². The topological polar surface area (TPSA) is 51.6 Å². The third-order valence-electron chi connectivity index (χ3n) is 11.0. The van der Waals surface area contributed by atoms with Gasteiger partial charge in [0.2, 0.25) is 0 Å². The first-order valence-corrected chi connectivity index (χ1v) is 20.1. The van der Waals surface area contributed by atoms with Gasteiger partial charge < -0.3 is 0 Å². The first kappa shape index (κ1) is 32.1.